The van der Waals surface area contributed by atoms with Gasteiger partial charge in [-0.1, -0.05) is 27.1 Å². The highest BCUT2D eigenvalue weighted by Crippen LogP contribution is 2.27. The van der Waals surface area contributed by atoms with Crippen LogP contribution in [0.1, 0.15) is 22.0 Å². The van der Waals surface area contributed by atoms with Gasteiger partial charge in [0.15, 0.2) is 0 Å². The molecule has 0 heterocycles. The van der Waals surface area contributed by atoms with Crippen molar-refractivity contribution in [2.75, 3.05) is 13.7 Å². The Hall–Kier alpha value is -1.60. The third-order valence-corrected chi connectivity index (χ3v) is 3.12. The molecule has 2 unspecified atom stereocenters. The van der Waals surface area contributed by atoms with Gasteiger partial charge < -0.3 is 14.9 Å². The summed E-state index contributed by atoms with van der Waals surface area (Å²) in [7, 11) is 1.27. The van der Waals surface area contributed by atoms with E-state index in [0.29, 0.717) is 15.6 Å². The predicted molar refractivity (Wildman–Crippen MR) is 70.5 cm³/mol. The molecule has 2 N–H and O–H groups in total. The molecule has 0 bridgehead atoms. The minimum atomic E-state index is -1.23. The lowest BCUT2D eigenvalue weighted by Gasteiger charge is -2.18. The van der Waals surface area contributed by atoms with E-state index < -0.39 is 18.2 Å². The van der Waals surface area contributed by atoms with Gasteiger partial charge in [-0.3, -0.25) is 0 Å². The smallest absolute Gasteiger partial charge is 0.337 e. The zero-order chi connectivity index (χ0) is 14.4. The summed E-state index contributed by atoms with van der Waals surface area (Å²) in [5.41, 5.74) is 8.85. The minimum absolute atomic E-state index is 0.247. The molecule has 7 nitrogen and oxygen atoms in total. The van der Waals surface area contributed by atoms with Crippen LogP contribution in [-0.4, -0.2) is 35.9 Å². The summed E-state index contributed by atoms with van der Waals surface area (Å²) in [5.74, 6) is -0.503. The summed E-state index contributed by atoms with van der Waals surface area (Å²) in [6.07, 6.45) is -2.46. The van der Waals surface area contributed by atoms with Crippen LogP contribution < -0.4 is 0 Å². The first kappa shape index (κ1) is 15.5. The quantitative estimate of drug-likeness (QED) is 0.371. The van der Waals surface area contributed by atoms with Crippen LogP contribution in [0, 0.1) is 0 Å². The lowest BCUT2D eigenvalue weighted by atomic mass is 10.0. The van der Waals surface area contributed by atoms with Crippen LogP contribution in [0.15, 0.2) is 27.8 Å². The van der Waals surface area contributed by atoms with Gasteiger partial charge in [0.1, 0.15) is 6.10 Å². The Morgan fingerprint density at radius 3 is 2.79 bits per heavy atom. The average Bonchev–Trinajstić information content (AvgIpc) is 2.42. The number of aliphatic hydroxyl groups excluding tert-OH is 2. The molecule has 8 heteroatoms. The van der Waals surface area contributed by atoms with Gasteiger partial charge >= 0.3 is 5.97 Å². The van der Waals surface area contributed by atoms with Gasteiger partial charge in [0.05, 0.1) is 25.3 Å². The SMILES string of the molecule is COC(=O)c1ccc(C(O)C(O)CN=[N+]=[N-])c(Br)c1. The maximum absolute atomic E-state index is 11.3. The van der Waals surface area contributed by atoms with Crippen molar-refractivity contribution < 1.29 is 19.7 Å². The summed E-state index contributed by atoms with van der Waals surface area (Å²) in [4.78, 5) is 13.8. The number of hydrogen-bond donors (Lipinski definition) is 2. The van der Waals surface area contributed by atoms with Crippen molar-refractivity contribution in [3.05, 3.63) is 44.2 Å². The first-order valence-corrected chi connectivity index (χ1v) is 6.05. The highest BCUT2D eigenvalue weighted by Gasteiger charge is 2.21. The third-order valence-electron chi connectivity index (χ3n) is 2.44. The third kappa shape index (κ3) is 3.93. The Labute approximate surface area is 117 Å². The minimum Gasteiger partial charge on any atom is -0.465 e. The van der Waals surface area contributed by atoms with E-state index in [9.17, 15) is 15.0 Å². The summed E-state index contributed by atoms with van der Waals surface area (Å²) in [6, 6.07) is 4.43. The molecule has 102 valence electrons. The Kier molecular flexibility index (Phi) is 5.78. The van der Waals surface area contributed by atoms with Crippen LogP contribution in [0.2, 0.25) is 0 Å². The zero-order valence-corrected chi connectivity index (χ0v) is 11.6. The maximum atomic E-state index is 11.3. The average molecular weight is 330 g/mol. The van der Waals surface area contributed by atoms with E-state index in [1.165, 1.54) is 25.3 Å². The number of ether oxygens (including phenoxy) is 1. The molecule has 0 aromatic heterocycles. The van der Waals surface area contributed by atoms with E-state index in [1.807, 2.05) is 0 Å². The van der Waals surface area contributed by atoms with Gasteiger partial charge in [-0.05, 0) is 23.2 Å². The standard InChI is InChI=1S/C11H12BrN3O4/c1-19-11(18)6-2-3-7(8(12)4-6)10(17)9(16)5-14-15-13/h2-4,9-10,16-17H,5H2,1H3. The van der Waals surface area contributed by atoms with E-state index in [4.69, 9.17) is 5.53 Å². The van der Waals surface area contributed by atoms with Crippen LogP contribution in [0.25, 0.3) is 10.4 Å². The molecule has 0 saturated heterocycles. The van der Waals surface area contributed by atoms with Crippen molar-refractivity contribution in [1.29, 1.82) is 0 Å². The van der Waals surface area contributed by atoms with E-state index in [-0.39, 0.29) is 6.54 Å². The van der Waals surface area contributed by atoms with Crippen molar-refractivity contribution in [1.82, 2.24) is 0 Å². The molecule has 0 spiro atoms. The Morgan fingerprint density at radius 2 is 2.26 bits per heavy atom. The second-order valence-electron chi connectivity index (χ2n) is 3.65. The van der Waals surface area contributed by atoms with E-state index in [0.717, 1.165) is 0 Å². The number of methoxy groups -OCH3 is 1. The number of nitrogens with zero attached hydrogens (tertiary/aromatic N) is 3. The van der Waals surface area contributed by atoms with Crippen molar-refractivity contribution >= 4 is 21.9 Å². The van der Waals surface area contributed by atoms with Crippen LogP contribution in [0.3, 0.4) is 0 Å². The van der Waals surface area contributed by atoms with Gasteiger partial charge in [0, 0.05) is 9.38 Å². The Balaban J connectivity index is 2.95. The molecule has 0 radical (unpaired) electrons. The number of carbonyl (C=O) groups excluding carboxylic acids is 1. The molecule has 0 aliphatic rings. The number of esters is 1. The number of rotatable bonds is 5. The number of hydrogen-bond acceptors (Lipinski definition) is 5. The lowest BCUT2D eigenvalue weighted by Crippen LogP contribution is -2.21. The highest BCUT2D eigenvalue weighted by molar-refractivity contribution is 9.10. The van der Waals surface area contributed by atoms with Gasteiger partial charge in [-0.15, -0.1) is 0 Å². The van der Waals surface area contributed by atoms with Crippen molar-refractivity contribution in [2.45, 2.75) is 12.2 Å². The number of carbonyl (C=O) groups is 1. The van der Waals surface area contributed by atoms with Gasteiger partial charge in [-0.2, -0.15) is 0 Å². The van der Waals surface area contributed by atoms with Crippen molar-refractivity contribution in [2.24, 2.45) is 5.11 Å². The molecule has 0 amide bonds. The van der Waals surface area contributed by atoms with Crippen LogP contribution >= 0.6 is 15.9 Å². The van der Waals surface area contributed by atoms with Gasteiger partial charge in [0.25, 0.3) is 0 Å². The van der Waals surface area contributed by atoms with Gasteiger partial charge in [0.2, 0.25) is 0 Å². The molecule has 19 heavy (non-hydrogen) atoms. The molecule has 1 aromatic rings. The molecular weight excluding hydrogens is 318 g/mol. The summed E-state index contributed by atoms with van der Waals surface area (Å²) < 4.78 is 5.01. The van der Waals surface area contributed by atoms with Crippen molar-refractivity contribution in [3.63, 3.8) is 0 Å². The number of azide groups is 1. The molecule has 0 fully saturated rings. The number of benzene rings is 1. The van der Waals surface area contributed by atoms with E-state index in [2.05, 4.69) is 30.7 Å². The summed E-state index contributed by atoms with van der Waals surface area (Å²) in [5, 5.41) is 22.7. The fourth-order valence-electron chi connectivity index (χ4n) is 1.44. The van der Waals surface area contributed by atoms with Crippen LogP contribution in [-0.2, 0) is 4.74 Å². The second kappa shape index (κ2) is 7.10. The molecule has 1 rings (SSSR count). The largest absolute Gasteiger partial charge is 0.465 e. The van der Waals surface area contributed by atoms with Crippen molar-refractivity contribution in [3.8, 4) is 0 Å². The number of halogens is 1. The topological polar surface area (TPSA) is 116 Å². The highest BCUT2D eigenvalue weighted by atomic mass is 79.9. The lowest BCUT2D eigenvalue weighted by molar-refractivity contribution is 0.0239. The van der Waals surface area contributed by atoms with E-state index >= 15 is 0 Å². The Morgan fingerprint density at radius 1 is 1.58 bits per heavy atom. The number of aliphatic hydroxyl groups is 2. The monoisotopic (exact) mass is 329 g/mol. The molecule has 0 aliphatic carbocycles. The predicted octanol–water partition coefficient (Wildman–Crippen LogP) is 1.94. The zero-order valence-electron chi connectivity index (χ0n) is 10.0. The molecule has 0 saturated carbocycles. The summed E-state index contributed by atoms with van der Waals surface area (Å²) >= 11 is 3.20. The maximum Gasteiger partial charge on any atom is 0.337 e. The van der Waals surface area contributed by atoms with Crippen LogP contribution in [0.4, 0.5) is 0 Å². The van der Waals surface area contributed by atoms with Crippen LogP contribution in [0.5, 0.6) is 0 Å². The fraction of sp³-hybridized carbons (Fsp3) is 0.364. The van der Waals surface area contributed by atoms with E-state index in [1.54, 1.807) is 0 Å². The fourth-order valence-corrected chi connectivity index (χ4v) is 2.05. The molecule has 1 aromatic carbocycles. The molecular formula is C11H12BrN3O4. The first-order valence-electron chi connectivity index (χ1n) is 5.26. The normalized spacial score (nSPS) is 13.3. The molecule has 0 aliphatic heterocycles. The Bertz CT molecular complexity index is 517. The molecule has 2 atom stereocenters. The first-order chi connectivity index (χ1) is 9.01. The second-order valence-corrected chi connectivity index (χ2v) is 4.51. The van der Waals surface area contributed by atoms with Gasteiger partial charge in [-0.25, -0.2) is 4.79 Å². The summed E-state index contributed by atoms with van der Waals surface area (Å²) in [6.45, 7) is -0.247.